The summed E-state index contributed by atoms with van der Waals surface area (Å²) in [5, 5.41) is 8.23. The van der Waals surface area contributed by atoms with Crippen molar-refractivity contribution in [3.8, 4) is 0 Å². The van der Waals surface area contributed by atoms with Crippen LogP contribution in [0.1, 0.15) is 26.3 Å². The van der Waals surface area contributed by atoms with Crippen LogP contribution in [-0.2, 0) is 4.74 Å². The molecule has 5 heteroatoms. The van der Waals surface area contributed by atoms with Gasteiger partial charge in [0.25, 0.3) is 0 Å². The van der Waals surface area contributed by atoms with Crippen LogP contribution in [0.2, 0.25) is 0 Å². The van der Waals surface area contributed by atoms with Crippen molar-refractivity contribution in [1.82, 2.24) is 9.80 Å². The quantitative estimate of drug-likeness (QED) is 0.638. The van der Waals surface area contributed by atoms with Gasteiger partial charge in [-0.25, -0.2) is 4.79 Å². The predicted octanol–water partition coefficient (Wildman–Crippen LogP) is 2.56. The van der Waals surface area contributed by atoms with Gasteiger partial charge in [-0.15, -0.1) is 0 Å². The van der Waals surface area contributed by atoms with Gasteiger partial charge in [0.2, 0.25) is 0 Å². The van der Waals surface area contributed by atoms with Gasteiger partial charge in [-0.3, -0.25) is 5.41 Å². The normalized spacial score (nSPS) is 15.8. The molecule has 0 saturated carbocycles. The third kappa shape index (κ3) is 4.21. The molecule has 114 valence electrons. The average molecular weight is 289 g/mol. The van der Waals surface area contributed by atoms with Crippen molar-refractivity contribution in [2.24, 2.45) is 0 Å². The second-order valence-electron chi connectivity index (χ2n) is 6.17. The number of rotatable bonds is 1. The number of carbonyl (C=O) groups excluding carboxylic acids is 1. The Balaban J connectivity index is 1.89. The molecule has 2 rings (SSSR count). The first-order chi connectivity index (χ1) is 9.87. The summed E-state index contributed by atoms with van der Waals surface area (Å²) in [4.78, 5) is 15.7. The zero-order valence-corrected chi connectivity index (χ0v) is 12.9. The molecular formula is C16H23N3O2. The molecule has 0 aliphatic carbocycles. The molecule has 0 spiro atoms. The van der Waals surface area contributed by atoms with Gasteiger partial charge in [-0.1, -0.05) is 30.3 Å². The molecule has 1 aromatic rings. The first kappa shape index (κ1) is 15.4. The van der Waals surface area contributed by atoms with Gasteiger partial charge < -0.3 is 14.5 Å². The van der Waals surface area contributed by atoms with E-state index in [4.69, 9.17) is 10.1 Å². The van der Waals surface area contributed by atoms with Crippen LogP contribution in [0.5, 0.6) is 0 Å². The van der Waals surface area contributed by atoms with Crippen LogP contribution in [-0.4, -0.2) is 53.5 Å². The van der Waals surface area contributed by atoms with E-state index >= 15 is 0 Å². The summed E-state index contributed by atoms with van der Waals surface area (Å²) < 4.78 is 5.37. The molecule has 1 amide bonds. The lowest BCUT2D eigenvalue weighted by atomic mass is 10.1. The van der Waals surface area contributed by atoms with Crippen LogP contribution in [0.4, 0.5) is 4.79 Å². The Bertz CT molecular complexity index is 500. The molecule has 1 saturated heterocycles. The van der Waals surface area contributed by atoms with Gasteiger partial charge in [0.1, 0.15) is 11.4 Å². The fourth-order valence-electron chi connectivity index (χ4n) is 2.22. The van der Waals surface area contributed by atoms with Gasteiger partial charge in [-0.2, -0.15) is 0 Å². The molecule has 0 unspecified atom stereocenters. The standard InChI is InChI=1S/C16H23N3O2/c1-16(2,3)21-15(20)19-11-9-18(10-12-19)14(17)13-7-5-4-6-8-13/h4-8,17H,9-12H2,1-3H3. The van der Waals surface area contributed by atoms with E-state index in [0.29, 0.717) is 32.0 Å². The van der Waals surface area contributed by atoms with Crippen molar-refractivity contribution in [3.05, 3.63) is 35.9 Å². The van der Waals surface area contributed by atoms with E-state index in [1.807, 2.05) is 56.0 Å². The molecule has 1 aliphatic heterocycles. The van der Waals surface area contributed by atoms with Crippen molar-refractivity contribution < 1.29 is 9.53 Å². The number of nitrogens with zero attached hydrogens (tertiary/aromatic N) is 2. The molecule has 0 atom stereocenters. The van der Waals surface area contributed by atoms with E-state index in [2.05, 4.69) is 0 Å². The highest BCUT2D eigenvalue weighted by molar-refractivity contribution is 5.96. The zero-order chi connectivity index (χ0) is 15.5. The highest BCUT2D eigenvalue weighted by Gasteiger charge is 2.26. The minimum Gasteiger partial charge on any atom is -0.444 e. The SMILES string of the molecule is CC(C)(C)OC(=O)N1CCN(C(=N)c2ccccc2)CC1. The predicted molar refractivity (Wildman–Crippen MR) is 82.7 cm³/mol. The molecule has 1 aromatic carbocycles. The van der Waals surface area contributed by atoms with Gasteiger partial charge in [0.15, 0.2) is 0 Å². The largest absolute Gasteiger partial charge is 0.444 e. The summed E-state index contributed by atoms with van der Waals surface area (Å²) in [6, 6.07) is 9.67. The Kier molecular flexibility index (Phi) is 4.50. The molecule has 0 radical (unpaired) electrons. The zero-order valence-electron chi connectivity index (χ0n) is 12.9. The van der Waals surface area contributed by atoms with Crippen LogP contribution < -0.4 is 0 Å². The first-order valence-corrected chi connectivity index (χ1v) is 7.24. The lowest BCUT2D eigenvalue weighted by Crippen LogP contribution is -2.51. The Morgan fingerprint density at radius 2 is 1.57 bits per heavy atom. The van der Waals surface area contributed by atoms with Crippen LogP contribution in [0, 0.1) is 5.41 Å². The Morgan fingerprint density at radius 1 is 1.05 bits per heavy atom. The van der Waals surface area contributed by atoms with E-state index in [9.17, 15) is 4.79 Å². The summed E-state index contributed by atoms with van der Waals surface area (Å²) in [6.45, 7) is 8.10. The van der Waals surface area contributed by atoms with Crippen molar-refractivity contribution in [2.45, 2.75) is 26.4 Å². The monoisotopic (exact) mass is 289 g/mol. The Morgan fingerprint density at radius 3 is 2.10 bits per heavy atom. The van der Waals surface area contributed by atoms with Crippen LogP contribution in [0.15, 0.2) is 30.3 Å². The van der Waals surface area contributed by atoms with Crippen molar-refractivity contribution >= 4 is 11.9 Å². The Hall–Kier alpha value is -2.04. The summed E-state index contributed by atoms with van der Waals surface area (Å²) >= 11 is 0. The maximum absolute atomic E-state index is 12.0. The molecule has 0 aromatic heterocycles. The lowest BCUT2D eigenvalue weighted by molar-refractivity contribution is 0.0187. The molecular weight excluding hydrogens is 266 g/mol. The lowest BCUT2D eigenvalue weighted by Gasteiger charge is -2.36. The number of hydrogen-bond acceptors (Lipinski definition) is 3. The van der Waals surface area contributed by atoms with Crippen LogP contribution >= 0.6 is 0 Å². The van der Waals surface area contributed by atoms with Gasteiger partial charge in [0, 0.05) is 31.7 Å². The van der Waals surface area contributed by atoms with Crippen LogP contribution in [0.25, 0.3) is 0 Å². The fraction of sp³-hybridized carbons (Fsp3) is 0.500. The first-order valence-electron chi connectivity index (χ1n) is 7.24. The Labute approximate surface area is 126 Å². The van der Waals surface area contributed by atoms with Gasteiger partial charge in [0.05, 0.1) is 0 Å². The highest BCUT2D eigenvalue weighted by Crippen LogP contribution is 2.13. The maximum Gasteiger partial charge on any atom is 0.410 e. The summed E-state index contributed by atoms with van der Waals surface area (Å²) in [5.74, 6) is 0.513. The van der Waals surface area contributed by atoms with E-state index in [1.165, 1.54) is 0 Å². The third-order valence-corrected chi connectivity index (χ3v) is 3.29. The van der Waals surface area contributed by atoms with E-state index in [-0.39, 0.29) is 6.09 Å². The van der Waals surface area contributed by atoms with E-state index < -0.39 is 5.60 Å². The molecule has 5 nitrogen and oxygen atoms in total. The number of hydrogen-bond donors (Lipinski definition) is 1. The number of piperazine rings is 1. The van der Waals surface area contributed by atoms with Gasteiger partial charge in [-0.05, 0) is 20.8 Å². The minimum absolute atomic E-state index is 0.270. The van der Waals surface area contributed by atoms with Crippen LogP contribution in [0.3, 0.4) is 0 Å². The number of amidine groups is 1. The topological polar surface area (TPSA) is 56.6 Å². The number of benzene rings is 1. The number of nitrogens with one attached hydrogen (secondary N) is 1. The maximum atomic E-state index is 12.0. The van der Waals surface area contributed by atoms with Crippen molar-refractivity contribution in [3.63, 3.8) is 0 Å². The number of ether oxygens (including phenoxy) is 1. The van der Waals surface area contributed by atoms with E-state index in [0.717, 1.165) is 5.56 Å². The second kappa shape index (κ2) is 6.16. The molecule has 21 heavy (non-hydrogen) atoms. The molecule has 1 heterocycles. The molecule has 1 N–H and O–H groups in total. The van der Waals surface area contributed by atoms with Crippen molar-refractivity contribution in [1.29, 1.82) is 5.41 Å². The van der Waals surface area contributed by atoms with E-state index in [1.54, 1.807) is 4.90 Å². The highest BCUT2D eigenvalue weighted by atomic mass is 16.6. The summed E-state index contributed by atoms with van der Waals surface area (Å²) in [5.41, 5.74) is 0.438. The molecule has 1 fully saturated rings. The van der Waals surface area contributed by atoms with Gasteiger partial charge >= 0.3 is 6.09 Å². The fourth-order valence-corrected chi connectivity index (χ4v) is 2.22. The second-order valence-corrected chi connectivity index (χ2v) is 6.17. The summed E-state index contributed by atoms with van der Waals surface area (Å²) in [6.07, 6.45) is -0.270. The number of amides is 1. The number of carbonyl (C=O) groups is 1. The molecule has 1 aliphatic rings. The van der Waals surface area contributed by atoms with Crippen molar-refractivity contribution in [2.75, 3.05) is 26.2 Å². The average Bonchev–Trinajstić information content (AvgIpc) is 2.46. The third-order valence-electron chi connectivity index (χ3n) is 3.29. The smallest absolute Gasteiger partial charge is 0.410 e. The minimum atomic E-state index is -0.467. The summed E-state index contributed by atoms with van der Waals surface area (Å²) in [7, 11) is 0. The molecule has 0 bridgehead atoms.